The van der Waals surface area contributed by atoms with E-state index in [1.165, 1.54) is 26.3 Å². The number of Topliss-reactive ketones (excluding diaryl/α,β-unsaturated/α-hetero) is 1. The third kappa shape index (κ3) is 9.28. The number of methoxy groups -OCH3 is 1. The second-order valence-electron chi connectivity index (χ2n) is 8.99. The molecule has 0 fully saturated rings. The fourth-order valence-electron chi connectivity index (χ4n) is 3.97. The minimum atomic E-state index is -0.796. The van der Waals surface area contributed by atoms with Crippen LogP contribution < -0.4 is 14.2 Å². The van der Waals surface area contributed by atoms with Gasteiger partial charge in [-0.3, -0.25) is 14.4 Å². The molecule has 9 nitrogen and oxygen atoms in total. The Morgan fingerprint density at radius 3 is 2.31 bits per heavy atom. The number of aromatic nitrogens is 1. The van der Waals surface area contributed by atoms with Gasteiger partial charge in [0.25, 0.3) is 0 Å². The smallest absolute Gasteiger partial charge is 0.309 e. The van der Waals surface area contributed by atoms with Gasteiger partial charge in [0, 0.05) is 30.6 Å². The van der Waals surface area contributed by atoms with Crippen molar-refractivity contribution in [3.05, 3.63) is 46.2 Å². The summed E-state index contributed by atoms with van der Waals surface area (Å²) in [5.74, 6) is -1.62. The summed E-state index contributed by atoms with van der Waals surface area (Å²) >= 11 is 12.3. The summed E-state index contributed by atoms with van der Waals surface area (Å²) in [6.07, 6.45) is 1.65. The standard InChI is InChI=1S/C28H35Cl2NO8/c1-7-19(8-2)26(39-23-10-9-20(29)14-21(23)30)17(4)38-28(34)16(3)13-22(33)25-27(37-15-36-18(5)32)24(35-6)11-12-31-25/h9-12,14,16-17,19,26H,7-8,13,15H2,1-6H3/t16-,17+,26+/m1/s1. The molecule has 0 bridgehead atoms. The van der Waals surface area contributed by atoms with Crippen LogP contribution in [-0.4, -0.2) is 48.8 Å². The quantitative estimate of drug-likeness (QED) is 0.135. The first kappa shape index (κ1) is 32.2. The molecule has 0 saturated heterocycles. The fraction of sp³-hybridized carbons (Fsp3) is 0.500. The Morgan fingerprint density at radius 1 is 1.03 bits per heavy atom. The highest BCUT2D eigenvalue weighted by Crippen LogP contribution is 2.33. The number of hydrogen-bond acceptors (Lipinski definition) is 9. The highest BCUT2D eigenvalue weighted by atomic mass is 35.5. The minimum absolute atomic E-state index is 0.0160. The van der Waals surface area contributed by atoms with Crippen LogP contribution in [0.25, 0.3) is 0 Å². The maximum Gasteiger partial charge on any atom is 0.309 e. The number of ketones is 1. The maximum atomic E-state index is 13.1. The molecule has 39 heavy (non-hydrogen) atoms. The van der Waals surface area contributed by atoms with Crippen LogP contribution in [0.4, 0.5) is 0 Å². The largest absolute Gasteiger partial charge is 0.493 e. The summed E-state index contributed by atoms with van der Waals surface area (Å²) in [4.78, 5) is 41.3. The van der Waals surface area contributed by atoms with Crippen molar-refractivity contribution in [3.63, 3.8) is 0 Å². The number of nitrogens with zero attached hydrogens (tertiary/aromatic N) is 1. The monoisotopic (exact) mass is 583 g/mol. The fourth-order valence-corrected chi connectivity index (χ4v) is 4.42. The molecular weight excluding hydrogens is 549 g/mol. The van der Waals surface area contributed by atoms with E-state index in [4.69, 9.17) is 46.9 Å². The van der Waals surface area contributed by atoms with Crippen LogP contribution in [0.1, 0.15) is 64.4 Å². The maximum absolute atomic E-state index is 13.1. The lowest BCUT2D eigenvalue weighted by Gasteiger charge is -2.32. The van der Waals surface area contributed by atoms with E-state index in [-0.39, 0.29) is 29.5 Å². The second-order valence-corrected chi connectivity index (χ2v) is 9.84. The summed E-state index contributed by atoms with van der Waals surface area (Å²) in [6, 6.07) is 6.44. The molecule has 2 rings (SSSR count). The number of benzene rings is 1. The molecule has 2 aromatic rings. The Balaban J connectivity index is 2.15. The molecule has 1 heterocycles. The number of carbonyl (C=O) groups excluding carboxylic acids is 3. The van der Waals surface area contributed by atoms with E-state index in [0.29, 0.717) is 15.8 Å². The van der Waals surface area contributed by atoms with Crippen LogP contribution in [0.5, 0.6) is 17.2 Å². The molecule has 1 aromatic heterocycles. The number of ether oxygens (including phenoxy) is 5. The molecule has 0 unspecified atom stereocenters. The lowest BCUT2D eigenvalue weighted by molar-refractivity contribution is -0.159. The molecule has 0 radical (unpaired) electrons. The van der Waals surface area contributed by atoms with Gasteiger partial charge in [-0.25, -0.2) is 4.98 Å². The summed E-state index contributed by atoms with van der Waals surface area (Å²) in [7, 11) is 1.40. The average molecular weight is 584 g/mol. The van der Waals surface area contributed by atoms with Crippen molar-refractivity contribution in [2.24, 2.45) is 11.8 Å². The minimum Gasteiger partial charge on any atom is -0.493 e. The first-order valence-electron chi connectivity index (χ1n) is 12.7. The van der Waals surface area contributed by atoms with Crippen LogP contribution in [0, 0.1) is 11.8 Å². The predicted molar refractivity (Wildman–Crippen MR) is 147 cm³/mol. The SMILES string of the molecule is CCC(CC)[C@@H](Oc1ccc(Cl)cc1Cl)[C@H](C)OC(=O)[C@H](C)CC(=O)c1nccc(OC)c1OCOC(C)=O. The van der Waals surface area contributed by atoms with Crippen molar-refractivity contribution >= 4 is 40.9 Å². The van der Waals surface area contributed by atoms with E-state index in [2.05, 4.69) is 4.98 Å². The number of pyridine rings is 1. The molecule has 11 heteroatoms. The van der Waals surface area contributed by atoms with Gasteiger partial charge in [-0.2, -0.15) is 0 Å². The highest BCUT2D eigenvalue weighted by molar-refractivity contribution is 6.35. The topological polar surface area (TPSA) is 110 Å². The molecule has 0 aliphatic carbocycles. The number of halogens is 2. The van der Waals surface area contributed by atoms with Gasteiger partial charge in [0.15, 0.2) is 23.0 Å². The van der Waals surface area contributed by atoms with E-state index in [0.717, 1.165) is 12.8 Å². The van der Waals surface area contributed by atoms with E-state index >= 15 is 0 Å². The van der Waals surface area contributed by atoms with Gasteiger partial charge in [-0.1, -0.05) is 44.0 Å². The van der Waals surface area contributed by atoms with Gasteiger partial charge in [0.05, 0.1) is 18.1 Å². The van der Waals surface area contributed by atoms with Gasteiger partial charge >= 0.3 is 11.9 Å². The molecule has 214 valence electrons. The second kappa shape index (κ2) is 15.5. The summed E-state index contributed by atoms with van der Waals surface area (Å²) in [5, 5.41) is 0.836. The first-order chi connectivity index (χ1) is 18.5. The van der Waals surface area contributed by atoms with Gasteiger partial charge in [-0.15, -0.1) is 0 Å². The zero-order chi connectivity index (χ0) is 29.1. The van der Waals surface area contributed by atoms with Crippen LogP contribution >= 0.6 is 23.2 Å². The van der Waals surface area contributed by atoms with Crippen LogP contribution in [0.2, 0.25) is 10.0 Å². The average Bonchev–Trinajstić information content (AvgIpc) is 2.89. The van der Waals surface area contributed by atoms with Gasteiger partial charge < -0.3 is 23.7 Å². The molecule has 0 aliphatic rings. The molecular formula is C28H35Cl2NO8. The third-order valence-electron chi connectivity index (χ3n) is 6.15. The molecule has 0 N–H and O–H groups in total. The number of rotatable bonds is 15. The van der Waals surface area contributed by atoms with Crippen LogP contribution in [0.15, 0.2) is 30.5 Å². The van der Waals surface area contributed by atoms with Crippen molar-refractivity contribution in [3.8, 4) is 17.2 Å². The molecule has 3 atom stereocenters. The summed E-state index contributed by atoms with van der Waals surface area (Å²) < 4.78 is 27.5. The Kier molecular flexibility index (Phi) is 12.8. The van der Waals surface area contributed by atoms with E-state index in [9.17, 15) is 14.4 Å². The van der Waals surface area contributed by atoms with Gasteiger partial charge in [0.2, 0.25) is 6.79 Å². The molecule has 0 aliphatic heterocycles. The van der Waals surface area contributed by atoms with E-state index < -0.39 is 42.6 Å². The normalized spacial score (nSPS) is 13.3. The van der Waals surface area contributed by atoms with Crippen molar-refractivity contribution in [2.75, 3.05) is 13.9 Å². The number of esters is 2. The zero-order valence-corrected chi connectivity index (χ0v) is 24.5. The van der Waals surface area contributed by atoms with Gasteiger partial charge in [0.1, 0.15) is 18.0 Å². The van der Waals surface area contributed by atoms with Gasteiger partial charge in [-0.05, 0) is 43.9 Å². The summed E-state index contributed by atoms with van der Waals surface area (Å²) in [5.41, 5.74) is -0.0511. The third-order valence-corrected chi connectivity index (χ3v) is 6.68. The molecule has 0 spiro atoms. The van der Waals surface area contributed by atoms with Crippen molar-refractivity contribution in [1.82, 2.24) is 4.98 Å². The first-order valence-corrected chi connectivity index (χ1v) is 13.4. The van der Waals surface area contributed by atoms with Crippen LogP contribution in [-0.2, 0) is 19.1 Å². The Morgan fingerprint density at radius 2 is 1.72 bits per heavy atom. The number of hydrogen-bond donors (Lipinski definition) is 0. The van der Waals surface area contributed by atoms with E-state index in [1.54, 1.807) is 32.0 Å². The highest BCUT2D eigenvalue weighted by Gasteiger charge is 2.32. The lowest BCUT2D eigenvalue weighted by Crippen LogP contribution is -2.40. The Bertz CT molecular complexity index is 1140. The zero-order valence-electron chi connectivity index (χ0n) is 23.0. The number of carbonyl (C=O) groups is 3. The molecule has 0 saturated carbocycles. The predicted octanol–water partition coefficient (Wildman–Crippen LogP) is 6.32. The van der Waals surface area contributed by atoms with Crippen molar-refractivity contribution < 1.29 is 38.1 Å². The summed E-state index contributed by atoms with van der Waals surface area (Å²) in [6.45, 7) is 8.21. The van der Waals surface area contributed by atoms with Crippen LogP contribution in [0.3, 0.4) is 0 Å². The molecule has 0 amide bonds. The van der Waals surface area contributed by atoms with Crippen molar-refractivity contribution in [2.45, 2.75) is 66.1 Å². The Labute approximate surface area is 239 Å². The molecule has 1 aromatic carbocycles. The lowest BCUT2D eigenvalue weighted by atomic mass is 9.92. The Hall–Kier alpha value is -3.04. The van der Waals surface area contributed by atoms with Crippen molar-refractivity contribution in [1.29, 1.82) is 0 Å². The van der Waals surface area contributed by atoms with E-state index in [1.807, 2.05) is 13.8 Å².